The number of nitrogens with one attached hydrogen (secondary N) is 2. The van der Waals surface area contributed by atoms with Crippen LogP contribution in [-0.4, -0.2) is 34.8 Å². The van der Waals surface area contributed by atoms with Crippen LogP contribution in [0, 0.1) is 5.92 Å². The zero-order chi connectivity index (χ0) is 13.2. The van der Waals surface area contributed by atoms with Crippen LogP contribution < -0.4 is 10.6 Å². The molecule has 0 spiro atoms. The second kappa shape index (κ2) is 8.69. The molecule has 0 radical (unpaired) electrons. The molecule has 0 saturated carbocycles. The van der Waals surface area contributed by atoms with Gasteiger partial charge in [0.05, 0.1) is 12.4 Å². The van der Waals surface area contributed by atoms with E-state index < -0.39 is 0 Å². The molecular weight excluding hydrogens is 228 g/mol. The summed E-state index contributed by atoms with van der Waals surface area (Å²) in [4.78, 5) is 8.54. The molecule has 18 heavy (non-hydrogen) atoms. The largest absolute Gasteiger partial charge is 0.396 e. The Morgan fingerprint density at radius 3 is 2.50 bits per heavy atom. The number of anilines is 2. The highest BCUT2D eigenvalue weighted by Crippen LogP contribution is 2.13. The molecule has 1 aromatic rings. The first kappa shape index (κ1) is 14.7. The van der Waals surface area contributed by atoms with E-state index in [1.54, 1.807) is 12.4 Å². The van der Waals surface area contributed by atoms with Crippen molar-refractivity contribution in [3.05, 3.63) is 12.4 Å². The van der Waals surface area contributed by atoms with Crippen molar-refractivity contribution in [3.63, 3.8) is 0 Å². The number of aliphatic hydroxyl groups is 1. The minimum atomic E-state index is 0.245. The Balaban J connectivity index is 2.47. The first-order chi connectivity index (χ1) is 8.80. The molecule has 0 bridgehead atoms. The van der Waals surface area contributed by atoms with Gasteiger partial charge in [-0.3, -0.25) is 4.98 Å². The van der Waals surface area contributed by atoms with Gasteiger partial charge in [0.1, 0.15) is 11.6 Å². The maximum Gasteiger partial charge on any atom is 0.146 e. The predicted octanol–water partition coefficient (Wildman–Crippen LogP) is 2.12. The minimum Gasteiger partial charge on any atom is -0.396 e. The zero-order valence-electron chi connectivity index (χ0n) is 11.3. The second-order valence-corrected chi connectivity index (χ2v) is 4.37. The van der Waals surface area contributed by atoms with Crippen LogP contribution in [0.15, 0.2) is 12.4 Å². The highest BCUT2D eigenvalue weighted by molar-refractivity contribution is 5.41. The molecule has 0 aliphatic heterocycles. The normalized spacial score (nSPS) is 12.2. The smallest absolute Gasteiger partial charge is 0.146 e. The van der Waals surface area contributed by atoms with Crippen molar-refractivity contribution < 1.29 is 5.11 Å². The van der Waals surface area contributed by atoms with Crippen LogP contribution in [0.3, 0.4) is 0 Å². The fraction of sp³-hybridized carbons (Fsp3) is 0.692. The lowest BCUT2D eigenvalue weighted by Gasteiger charge is -2.16. The van der Waals surface area contributed by atoms with Crippen molar-refractivity contribution in [3.8, 4) is 0 Å². The Morgan fingerprint density at radius 1 is 1.17 bits per heavy atom. The van der Waals surface area contributed by atoms with Crippen molar-refractivity contribution in [1.29, 1.82) is 0 Å². The SMILES string of the molecule is CCCC(CCO)CNc1cncc(NCC)n1. The van der Waals surface area contributed by atoms with Crippen molar-refractivity contribution in [2.24, 2.45) is 5.92 Å². The van der Waals surface area contributed by atoms with E-state index in [1.165, 1.54) is 0 Å². The van der Waals surface area contributed by atoms with E-state index in [2.05, 4.69) is 27.5 Å². The van der Waals surface area contributed by atoms with Gasteiger partial charge < -0.3 is 15.7 Å². The number of rotatable bonds is 9. The van der Waals surface area contributed by atoms with Gasteiger partial charge in [-0.1, -0.05) is 13.3 Å². The molecule has 3 N–H and O–H groups in total. The van der Waals surface area contributed by atoms with Crippen LogP contribution in [0.5, 0.6) is 0 Å². The van der Waals surface area contributed by atoms with Gasteiger partial charge in [-0.15, -0.1) is 0 Å². The van der Waals surface area contributed by atoms with E-state index in [9.17, 15) is 0 Å². The Labute approximate surface area is 109 Å². The number of hydrogen-bond acceptors (Lipinski definition) is 5. The average Bonchev–Trinajstić information content (AvgIpc) is 2.37. The van der Waals surface area contributed by atoms with E-state index in [0.717, 1.165) is 44.0 Å². The molecule has 5 heteroatoms. The van der Waals surface area contributed by atoms with E-state index >= 15 is 0 Å². The summed E-state index contributed by atoms with van der Waals surface area (Å²) in [6.45, 7) is 6.10. The van der Waals surface area contributed by atoms with Gasteiger partial charge in [0.15, 0.2) is 0 Å². The first-order valence-corrected chi connectivity index (χ1v) is 6.70. The molecule has 1 aromatic heterocycles. The standard InChI is InChI=1S/C13H24N4O/c1-3-5-11(6-7-18)8-16-13-10-14-9-12(17-13)15-4-2/h9-11,18H,3-8H2,1-2H3,(H2,15,16,17). The molecule has 0 amide bonds. The van der Waals surface area contributed by atoms with Gasteiger partial charge in [-0.2, -0.15) is 0 Å². The van der Waals surface area contributed by atoms with Crippen LogP contribution in [0.1, 0.15) is 33.1 Å². The summed E-state index contributed by atoms with van der Waals surface area (Å²) in [6.07, 6.45) is 6.53. The molecule has 102 valence electrons. The molecule has 1 unspecified atom stereocenters. The van der Waals surface area contributed by atoms with Crippen LogP contribution in [0.25, 0.3) is 0 Å². The Hall–Kier alpha value is -1.36. The third-order valence-electron chi connectivity index (χ3n) is 2.80. The topological polar surface area (TPSA) is 70.1 Å². The van der Waals surface area contributed by atoms with Crippen LogP contribution in [0.2, 0.25) is 0 Å². The summed E-state index contributed by atoms with van der Waals surface area (Å²) in [5, 5.41) is 15.4. The molecule has 0 saturated heterocycles. The summed E-state index contributed by atoms with van der Waals surface area (Å²) in [5.41, 5.74) is 0. The highest BCUT2D eigenvalue weighted by atomic mass is 16.3. The third kappa shape index (κ3) is 5.31. The van der Waals surface area contributed by atoms with E-state index in [-0.39, 0.29) is 6.61 Å². The molecular formula is C13H24N4O. The molecule has 0 fully saturated rings. The molecule has 5 nitrogen and oxygen atoms in total. The third-order valence-corrected chi connectivity index (χ3v) is 2.80. The van der Waals surface area contributed by atoms with Crippen LogP contribution in [0.4, 0.5) is 11.6 Å². The van der Waals surface area contributed by atoms with Crippen LogP contribution >= 0.6 is 0 Å². The van der Waals surface area contributed by atoms with E-state index in [4.69, 9.17) is 5.11 Å². The summed E-state index contributed by atoms with van der Waals surface area (Å²) in [5.74, 6) is 2.06. The lowest BCUT2D eigenvalue weighted by molar-refractivity contribution is 0.255. The molecule has 1 atom stereocenters. The monoisotopic (exact) mass is 252 g/mol. The van der Waals surface area contributed by atoms with Gasteiger partial charge in [0.2, 0.25) is 0 Å². The van der Waals surface area contributed by atoms with Crippen molar-refractivity contribution in [2.45, 2.75) is 33.1 Å². The van der Waals surface area contributed by atoms with Gasteiger partial charge >= 0.3 is 0 Å². The summed E-state index contributed by atoms with van der Waals surface area (Å²) >= 11 is 0. The fourth-order valence-corrected chi connectivity index (χ4v) is 1.91. The Bertz CT molecular complexity index is 327. The van der Waals surface area contributed by atoms with Crippen molar-refractivity contribution in [2.75, 3.05) is 30.3 Å². The maximum absolute atomic E-state index is 9.01. The van der Waals surface area contributed by atoms with E-state index in [0.29, 0.717) is 5.92 Å². The predicted molar refractivity (Wildman–Crippen MR) is 74.8 cm³/mol. The summed E-state index contributed by atoms with van der Waals surface area (Å²) < 4.78 is 0. The molecule has 1 heterocycles. The Kier molecular flexibility index (Phi) is 7.10. The molecule has 0 aromatic carbocycles. The molecule has 1 rings (SSSR count). The Morgan fingerprint density at radius 2 is 1.89 bits per heavy atom. The van der Waals surface area contributed by atoms with Gasteiger partial charge in [-0.25, -0.2) is 4.98 Å². The van der Waals surface area contributed by atoms with Crippen LogP contribution in [-0.2, 0) is 0 Å². The second-order valence-electron chi connectivity index (χ2n) is 4.37. The number of aromatic nitrogens is 2. The summed E-state index contributed by atoms with van der Waals surface area (Å²) in [6, 6.07) is 0. The van der Waals surface area contributed by atoms with Crippen molar-refractivity contribution >= 4 is 11.6 Å². The van der Waals surface area contributed by atoms with Crippen molar-refractivity contribution in [1.82, 2.24) is 9.97 Å². The van der Waals surface area contributed by atoms with Gasteiger partial charge in [-0.05, 0) is 25.7 Å². The maximum atomic E-state index is 9.01. The highest BCUT2D eigenvalue weighted by Gasteiger charge is 2.07. The quantitative estimate of drug-likeness (QED) is 0.628. The molecule has 0 aliphatic carbocycles. The zero-order valence-corrected chi connectivity index (χ0v) is 11.3. The summed E-state index contributed by atoms with van der Waals surface area (Å²) in [7, 11) is 0. The first-order valence-electron chi connectivity index (χ1n) is 6.70. The molecule has 0 aliphatic rings. The van der Waals surface area contributed by atoms with Gasteiger partial charge in [0, 0.05) is 19.7 Å². The number of hydrogen-bond donors (Lipinski definition) is 3. The lowest BCUT2D eigenvalue weighted by atomic mass is 10.0. The lowest BCUT2D eigenvalue weighted by Crippen LogP contribution is -2.16. The number of aliphatic hydroxyl groups excluding tert-OH is 1. The average molecular weight is 252 g/mol. The minimum absolute atomic E-state index is 0.245. The van der Waals surface area contributed by atoms with E-state index in [1.807, 2.05) is 6.92 Å². The number of nitrogens with zero attached hydrogens (tertiary/aromatic N) is 2. The fourth-order valence-electron chi connectivity index (χ4n) is 1.91. The van der Waals surface area contributed by atoms with Gasteiger partial charge in [0.25, 0.3) is 0 Å².